The Morgan fingerprint density at radius 3 is 2.75 bits per heavy atom. The second kappa shape index (κ2) is 6.78. The average molecular weight is 377 g/mol. The fourth-order valence-electron chi connectivity index (χ4n) is 3.99. The van der Waals surface area contributed by atoms with Gasteiger partial charge in [0.25, 0.3) is 0 Å². The van der Waals surface area contributed by atoms with Gasteiger partial charge in [-0.25, -0.2) is 4.79 Å². The summed E-state index contributed by atoms with van der Waals surface area (Å²) in [5, 5.41) is 6.92. The van der Waals surface area contributed by atoms with Gasteiger partial charge in [0.05, 0.1) is 30.1 Å². The molecule has 28 heavy (non-hydrogen) atoms. The maximum absolute atomic E-state index is 13.1. The van der Waals surface area contributed by atoms with E-state index in [1.165, 1.54) is 7.11 Å². The van der Waals surface area contributed by atoms with Gasteiger partial charge in [-0.15, -0.1) is 0 Å². The highest BCUT2D eigenvalue weighted by Crippen LogP contribution is 2.45. The van der Waals surface area contributed by atoms with Crippen LogP contribution in [0.4, 0.5) is 11.4 Å². The zero-order valence-electron chi connectivity index (χ0n) is 16.2. The summed E-state index contributed by atoms with van der Waals surface area (Å²) in [5.74, 6) is -0.270. The van der Waals surface area contributed by atoms with Crippen molar-refractivity contribution in [2.45, 2.75) is 32.7 Å². The summed E-state index contributed by atoms with van der Waals surface area (Å²) in [6, 6.07) is 8.85. The first kappa shape index (κ1) is 18.2. The Morgan fingerprint density at radius 1 is 1.21 bits per heavy atom. The highest BCUT2D eigenvalue weighted by molar-refractivity contribution is 6.01. The van der Waals surface area contributed by atoms with Gasteiger partial charge in [0.2, 0.25) is 0 Å². The van der Waals surface area contributed by atoms with E-state index in [0.29, 0.717) is 12.0 Å². The summed E-state index contributed by atoms with van der Waals surface area (Å²) in [6.07, 6.45) is 4.74. The number of methoxy groups -OCH3 is 1. The number of rotatable bonds is 2. The van der Waals surface area contributed by atoms with E-state index >= 15 is 0 Å². The minimum Gasteiger partial charge on any atom is -0.465 e. The van der Waals surface area contributed by atoms with Crippen molar-refractivity contribution in [1.29, 1.82) is 0 Å². The van der Waals surface area contributed by atoms with E-state index < -0.39 is 5.97 Å². The molecule has 2 aromatic rings. The number of benzene rings is 1. The maximum atomic E-state index is 13.1. The fourth-order valence-corrected chi connectivity index (χ4v) is 3.99. The topological polar surface area (TPSA) is 80.3 Å². The van der Waals surface area contributed by atoms with Crippen LogP contribution in [0, 0.1) is 5.41 Å². The lowest BCUT2D eigenvalue weighted by molar-refractivity contribution is -0.118. The predicted molar refractivity (Wildman–Crippen MR) is 107 cm³/mol. The number of pyridine rings is 1. The predicted octanol–water partition coefficient (Wildman–Crippen LogP) is 4.09. The number of hydrogen-bond donors (Lipinski definition) is 2. The number of aromatic nitrogens is 1. The van der Waals surface area contributed by atoms with Gasteiger partial charge in [-0.05, 0) is 41.7 Å². The molecule has 6 nitrogen and oxygen atoms in total. The van der Waals surface area contributed by atoms with Gasteiger partial charge in [-0.1, -0.05) is 19.9 Å². The summed E-state index contributed by atoms with van der Waals surface area (Å²) < 4.78 is 4.84. The van der Waals surface area contributed by atoms with E-state index in [1.54, 1.807) is 24.5 Å². The van der Waals surface area contributed by atoms with Crippen molar-refractivity contribution in [3.63, 3.8) is 0 Å². The number of hydrogen-bond acceptors (Lipinski definition) is 6. The van der Waals surface area contributed by atoms with Gasteiger partial charge in [0.15, 0.2) is 5.78 Å². The molecule has 0 saturated heterocycles. The largest absolute Gasteiger partial charge is 0.465 e. The van der Waals surface area contributed by atoms with Crippen LogP contribution in [-0.4, -0.2) is 23.8 Å². The second-order valence-corrected chi connectivity index (χ2v) is 8.07. The molecular formula is C22H23N3O3. The van der Waals surface area contributed by atoms with Gasteiger partial charge in [0, 0.05) is 30.1 Å². The average Bonchev–Trinajstić information content (AvgIpc) is 2.82. The summed E-state index contributed by atoms with van der Waals surface area (Å²) in [4.78, 5) is 29.3. The first-order valence-corrected chi connectivity index (χ1v) is 9.30. The van der Waals surface area contributed by atoms with Crippen molar-refractivity contribution in [3.8, 4) is 0 Å². The van der Waals surface area contributed by atoms with E-state index in [4.69, 9.17) is 4.74 Å². The molecule has 1 aliphatic heterocycles. The Hall–Kier alpha value is -3.15. The molecule has 1 aromatic carbocycles. The SMILES string of the molecule is COC(=O)c1ccc2c(c1)NC1=C(C(=O)CC(C)(C)C1)[C@@H](c1cccnc1)N2. The quantitative estimate of drug-likeness (QED) is 0.768. The van der Waals surface area contributed by atoms with Crippen LogP contribution in [0.2, 0.25) is 0 Å². The van der Waals surface area contributed by atoms with Crippen molar-refractivity contribution >= 4 is 23.1 Å². The molecular weight excluding hydrogens is 354 g/mol. The van der Waals surface area contributed by atoms with Crippen LogP contribution in [0.15, 0.2) is 54.0 Å². The molecule has 6 heteroatoms. The van der Waals surface area contributed by atoms with Crippen LogP contribution in [0.25, 0.3) is 0 Å². The van der Waals surface area contributed by atoms with Gasteiger partial charge in [0.1, 0.15) is 0 Å². The highest BCUT2D eigenvalue weighted by Gasteiger charge is 2.38. The Kier molecular flexibility index (Phi) is 4.41. The van der Waals surface area contributed by atoms with Gasteiger partial charge in [-0.2, -0.15) is 0 Å². The Morgan fingerprint density at radius 2 is 2.04 bits per heavy atom. The molecule has 144 valence electrons. The molecule has 1 aliphatic carbocycles. The van der Waals surface area contributed by atoms with Crippen molar-refractivity contribution in [1.82, 2.24) is 4.98 Å². The number of ketones is 1. The summed E-state index contributed by atoms with van der Waals surface area (Å²) >= 11 is 0. The number of Topliss-reactive ketones (excluding diaryl/α,β-unsaturated/α-hetero) is 1. The summed E-state index contributed by atoms with van der Waals surface area (Å²) in [6.45, 7) is 4.19. The fraction of sp³-hybridized carbons (Fsp3) is 0.318. The number of nitrogens with one attached hydrogen (secondary N) is 2. The lowest BCUT2D eigenvalue weighted by Gasteiger charge is -2.34. The molecule has 2 heterocycles. The molecule has 1 aromatic heterocycles. The molecule has 0 saturated carbocycles. The summed E-state index contributed by atoms with van der Waals surface area (Å²) in [5.41, 5.74) is 4.46. The van der Waals surface area contributed by atoms with Crippen LogP contribution in [0.3, 0.4) is 0 Å². The number of esters is 1. The molecule has 0 bridgehead atoms. The molecule has 0 amide bonds. The second-order valence-electron chi connectivity index (χ2n) is 8.07. The molecule has 0 radical (unpaired) electrons. The van der Waals surface area contributed by atoms with Gasteiger partial charge >= 0.3 is 5.97 Å². The van der Waals surface area contributed by atoms with Crippen molar-refractivity contribution < 1.29 is 14.3 Å². The number of nitrogens with zero attached hydrogens (tertiary/aromatic N) is 1. The Balaban J connectivity index is 1.86. The lowest BCUT2D eigenvalue weighted by Crippen LogP contribution is -2.31. The molecule has 0 unspecified atom stereocenters. The smallest absolute Gasteiger partial charge is 0.337 e. The number of carbonyl (C=O) groups is 2. The number of anilines is 2. The number of carbonyl (C=O) groups excluding carboxylic acids is 2. The third-order valence-electron chi connectivity index (χ3n) is 5.25. The molecule has 2 aliphatic rings. The van der Waals surface area contributed by atoms with Crippen molar-refractivity contribution in [2.75, 3.05) is 17.7 Å². The zero-order valence-corrected chi connectivity index (χ0v) is 16.2. The molecule has 2 N–H and O–H groups in total. The van der Waals surface area contributed by atoms with E-state index in [9.17, 15) is 9.59 Å². The normalized spacial score (nSPS) is 20.2. The molecule has 0 spiro atoms. The van der Waals surface area contributed by atoms with Gasteiger partial charge < -0.3 is 15.4 Å². The van der Waals surface area contributed by atoms with Crippen LogP contribution < -0.4 is 10.6 Å². The first-order valence-electron chi connectivity index (χ1n) is 9.30. The monoisotopic (exact) mass is 377 g/mol. The molecule has 0 fully saturated rings. The van der Waals surface area contributed by atoms with Crippen LogP contribution in [-0.2, 0) is 9.53 Å². The van der Waals surface area contributed by atoms with E-state index in [-0.39, 0.29) is 17.2 Å². The highest BCUT2D eigenvalue weighted by atomic mass is 16.5. The standard InChI is InChI=1S/C22H23N3O3/c1-22(2)10-17-19(18(26)11-22)20(14-5-4-8-23-12-14)25-15-7-6-13(21(27)28-3)9-16(15)24-17/h4-9,12,20,24-25H,10-11H2,1-3H3/t20-/m1/s1. The van der Waals surface area contributed by atoms with E-state index in [1.807, 2.05) is 18.2 Å². The van der Waals surface area contributed by atoms with Crippen LogP contribution >= 0.6 is 0 Å². The molecule has 4 rings (SSSR count). The summed E-state index contributed by atoms with van der Waals surface area (Å²) in [7, 11) is 1.36. The number of allylic oxidation sites excluding steroid dienone is 1. The van der Waals surface area contributed by atoms with E-state index in [0.717, 1.165) is 34.6 Å². The first-order chi connectivity index (χ1) is 13.4. The van der Waals surface area contributed by atoms with Gasteiger partial charge in [-0.3, -0.25) is 9.78 Å². The third kappa shape index (κ3) is 3.26. The maximum Gasteiger partial charge on any atom is 0.337 e. The Labute approximate surface area is 164 Å². The number of fused-ring (bicyclic) bond motifs is 1. The van der Waals surface area contributed by atoms with Crippen LogP contribution in [0.5, 0.6) is 0 Å². The zero-order chi connectivity index (χ0) is 19.9. The Bertz CT molecular complexity index is 980. The van der Waals surface area contributed by atoms with Crippen molar-refractivity contribution in [3.05, 3.63) is 65.1 Å². The minimum absolute atomic E-state index is 0.126. The third-order valence-corrected chi connectivity index (χ3v) is 5.25. The number of ether oxygens (including phenoxy) is 1. The van der Waals surface area contributed by atoms with E-state index in [2.05, 4.69) is 29.5 Å². The van der Waals surface area contributed by atoms with Crippen molar-refractivity contribution in [2.24, 2.45) is 5.41 Å². The minimum atomic E-state index is -0.396. The van der Waals surface area contributed by atoms with Crippen LogP contribution in [0.1, 0.15) is 48.7 Å². The lowest BCUT2D eigenvalue weighted by atomic mass is 9.73. The molecule has 1 atom stereocenters.